The molecule has 2 N–H and O–H groups in total. The van der Waals surface area contributed by atoms with Gasteiger partial charge in [0.2, 0.25) is 0 Å². The van der Waals surface area contributed by atoms with Crippen LogP contribution in [-0.4, -0.2) is 44.9 Å². The highest BCUT2D eigenvalue weighted by Gasteiger charge is 2.22. The number of urea groups is 1. The van der Waals surface area contributed by atoms with Gasteiger partial charge in [-0.3, -0.25) is 5.32 Å². The molecule has 1 aliphatic heterocycles. The first-order chi connectivity index (χ1) is 14.9. The summed E-state index contributed by atoms with van der Waals surface area (Å²) >= 11 is 0. The van der Waals surface area contributed by atoms with Crippen LogP contribution >= 0.6 is 0 Å². The lowest BCUT2D eigenvalue weighted by molar-refractivity contribution is 0.246. The van der Waals surface area contributed by atoms with Gasteiger partial charge in [0.15, 0.2) is 0 Å². The lowest BCUT2D eigenvalue weighted by Crippen LogP contribution is -2.46. The summed E-state index contributed by atoms with van der Waals surface area (Å²) in [5.74, 6) is 2.41. The van der Waals surface area contributed by atoms with Gasteiger partial charge in [0.1, 0.15) is 17.5 Å². The number of hydrogen-bond acceptors (Lipinski definition) is 5. The van der Waals surface area contributed by atoms with Gasteiger partial charge in [-0.1, -0.05) is 17.7 Å². The summed E-state index contributed by atoms with van der Waals surface area (Å²) in [5.41, 5.74) is 3.92. The number of aromatic nitrogens is 4. The van der Waals surface area contributed by atoms with E-state index in [4.69, 9.17) is 0 Å². The summed E-state index contributed by atoms with van der Waals surface area (Å²) in [5, 5.41) is 10.6. The third-order valence-electron chi connectivity index (χ3n) is 5.46. The lowest BCUT2D eigenvalue weighted by Gasteiger charge is -2.33. The summed E-state index contributed by atoms with van der Waals surface area (Å²) < 4.78 is 1.76. The fraction of sp³-hybridized carbons (Fsp3) is 0.391. The van der Waals surface area contributed by atoms with Crippen LogP contribution in [0.25, 0.3) is 5.69 Å². The Hall–Kier alpha value is -3.42. The highest BCUT2D eigenvalue weighted by Crippen LogP contribution is 2.20. The zero-order valence-corrected chi connectivity index (χ0v) is 18.5. The van der Waals surface area contributed by atoms with Crippen molar-refractivity contribution in [1.82, 2.24) is 25.1 Å². The maximum absolute atomic E-state index is 12.7. The molecule has 3 heterocycles. The number of hydrogen-bond donors (Lipinski definition) is 2. The first kappa shape index (κ1) is 20.8. The lowest BCUT2D eigenvalue weighted by atomic mass is 10.1. The Morgan fingerprint density at radius 2 is 1.68 bits per heavy atom. The SMILES string of the molecule is Cc1ccc(-n2nc(C)cc2NC(=O)NC2CCN(c3cc(C)nc(C)n3)CC2)cc1. The third-order valence-corrected chi connectivity index (χ3v) is 5.46. The van der Waals surface area contributed by atoms with Gasteiger partial charge >= 0.3 is 6.03 Å². The minimum Gasteiger partial charge on any atom is -0.356 e. The van der Waals surface area contributed by atoms with Crippen molar-refractivity contribution in [3.63, 3.8) is 0 Å². The molecule has 162 valence electrons. The van der Waals surface area contributed by atoms with Crippen molar-refractivity contribution in [3.05, 3.63) is 59.2 Å². The van der Waals surface area contributed by atoms with Gasteiger partial charge in [-0.2, -0.15) is 5.10 Å². The molecule has 3 aromatic rings. The number of benzene rings is 1. The molecule has 1 saturated heterocycles. The fourth-order valence-corrected chi connectivity index (χ4v) is 3.92. The molecule has 2 amide bonds. The maximum atomic E-state index is 12.7. The van der Waals surface area contributed by atoms with Crippen LogP contribution in [0.15, 0.2) is 36.4 Å². The van der Waals surface area contributed by atoms with E-state index in [1.165, 1.54) is 5.56 Å². The molecule has 0 unspecified atom stereocenters. The molecule has 0 spiro atoms. The monoisotopic (exact) mass is 419 g/mol. The average Bonchev–Trinajstić information content (AvgIpc) is 3.08. The Balaban J connectivity index is 1.36. The molecule has 2 aromatic heterocycles. The quantitative estimate of drug-likeness (QED) is 0.673. The molecule has 8 heteroatoms. The predicted molar refractivity (Wildman–Crippen MR) is 122 cm³/mol. The Morgan fingerprint density at radius 3 is 2.35 bits per heavy atom. The second-order valence-corrected chi connectivity index (χ2v) is 8.19. The Kier molecular flexibility index (Phi) is 5.88. The van der Waals surface area contributed by atoms with Gasteiger partial charge in [-0.15, -0.1) is 0 Å². The number of nitrogens with zero attached hydrogens (tertiary/aromatic N) is 5. The molecule has 8 nitrogen and oxygen atoms in total. The van der Waals surface area contributed by atoms with Crippen LogP contribution < -0.4 is 15.5 Å². The number of aryl methyl sites for hydroxylation is 4. The van der Waals surface area contributed by atoms with E-state index in [0.29, 0.717) is 5.82 Å². The van der Waals surface area contributed by atoms with E-state index in [0.717, 1.165) is 54.6 Å². The second kappa shape index (κ2) is 8.75. The van der Waals surface area contributed by atoms with Crippen molar-refractivity contribution < 1.29 is 4.79 Å². The largest absolute Gasteiger partial charge is 0.356 e. The second-order valence-electron chi connectivity index (χ2n) is 8.19. The number of rotatable bonds is 4. The molecule has 0 aliphatic carbocycles. The van der Waals surface area contributed by atoms with E-state index in [1.54, 1.807) is 4.68 Å². The topological polar surface area (TPSA) is 88.0 Å². The molecule has 4 rings (SSSR count). The predicted octanol–water partition coefficient (Wildman–Crippen LogP) is 3.69. The van der Waals surface area contributed by atoms with E-state index in [1.807, 2.05) is 64.1 Å². The van der Waals surface area contributed by atoms with E-state index >= 15 is 0 Å². The van der Waals surface area contributed by atoms with Crippen LogP contribution in [0.3, 0.4) is 0 Å². The zero-order valence-electron chi connectivity index (χ0n) is 18.5. The summed E-state index contributed by atoms with van der Waals surface area (Å²) in [6.07, 6.45) is 1.73. The molecule has 0 bridgehead atoms. The van der Waals surface area contributed by atoms with Gasteiger partial charge < -0.3 is 10.2 Å². The number of amides is 2. The van der Waals surface area contributed by atoms with Crippen LogP contribution in [0.1, 0.15) is 35.6 Å². The Bertz CT molecular complexity index is 1050. The number of anilines is 2. The summed E-state index contributed by atoms with van der Waals surface area (Å²) in [7, 11) is 0. The summed E-state index contributed by atoms with van der Waals surface area (Å²) in [6, 6.07) is 11.9. The highest BCUT2D eigenvalue weighted by molar-refractivity contribution is 5.89. The Morgan fingerprint density at radius 1 is 0.968 bits per heavy atom. The van der Waals surface area contributed by atoms with Crippen molar-refractivity contribution in [1.29, 1.82) is 0 Å². The van der Waals surface area contributed by atoms with Crippen LogP contribution in [0.5, 0.6) is 0 Å². The van der Waals surface area contributed by atoms with Crippen LogP contribution in [0.2, 0.25) is 0 Å². The fourth-order valence-electron chi connectivity index (χ4n) is 3.92. The van der Waals surface area contributed by atoms with Crippen molar-refractivity contribution in [2.45, 2.75) is 46.6 Å². The van der Waals surface area contributed by atoms with Crippen LogP contribution in [0.4, 0.5) is 16.4 Å². The number of carbonyl (C=O) groups is 1. The maximum Gasteiger partial charge on any atom is 0.320 e. The van der Waals surface area contributed by atoms with Gasteiger partial charge in [0.05, 0.1) is 11.4 Å². The minimum atomic E-state index is -0.208. The smallest absolute Gasteiger partial charge is 0.320 e. The first-order valence-electron chi connectivity index (χ1n) is 10.7. The van der Waals surface area contributed by atoms with E-state index < -0.39 is 0 Å². The van der Waals surface area contributed by atoms with Crippen molar-refractivity contribution in [2.75, 3.05) is 23.3 Å². The van der Waals surface area contributed by atoms with E-state index in [2.05, 4.69) is 30.6 Å². The molecule has 1 aromatic carbocycles. The number of piperidine rings is 1. The van der Waals surface area contributed by atoms with Crippen LogP contribution in [-0.2, 0) is 0 Å². The Labute approximate surface area is 182 Å². The van der Waals surface area contributed by atoms with Gasteiger partial charge in [0.25, 0.3) is 0 Å². The molecular formula is C23H29N7O. The van der Waals surface area contributed by atoms with Gasteiger partial charge in [-0.05, 0) is 52.7 Å². The molecule has 0 radical (unpaired) electrons. The van der Waals surface area contributed by atoms with Gasteiger partial charge in [0, 0.05) is 37.0 Å². The van der Waals surface area contributed by atoms with Crippen LogP contribution in [0, 0.1) is 27.7 Å². The first-order valence-corrected chi connectivity index (χ1v) is 10.7. The highest BCUT2D eigenvalue weighted by atomic mass is 16.2. The summed E-state index contributed by atoms with van der Waals surface area (Å²) in [4.78, 5) is 23.8. The molecule has 0 atom stereocenters. The average molecular weight is 420 g/mol. The third kappa shape index (κ3) is 5.02. The number of nitrogens with one attached hydrogen (secondary N) is 2. The zero-order chi connectivity index (χ0) is 22.0. The van der Waals surface area contributed by atoms with E-state index in [-0.39, 0.29) is 12.1 Å². The normalized spacial score (nSPS) is 14.5. The summed E-state index contributed by atoms with van der Waals surface area (Å²) in [6.45, 7) is 9.56. The number of carbonyl (C=O) groups excluding carboxylic acids is 1. The van der Waals surface area contributed by atoms with Crippen molar-refractivity contribution >= 4 is 17.7 Å². The standard InChI is InChI=1S/C23H29N7O/c1-15-5-7-20(8-6-15)30-22(14-17(3)28-30)27-23(31)26-19-9-11-29(12-10-19)21-13-16(2)24-18(4)25-21/h5-8,13-14,19H,9-12H2,1-4H3,(H2,26,27,31). The van der Waals surface area contributed by atoms with E-state index in [9.17, 15) is 4.79 Å². The molecular weight excluding hydrogens is 390 g/mol. The minimum absolute atomic E-state index is 0.122. The molecule has 1 aliphatic rings. The van der Waals surface area contributed by atoms with Gasteiger partial charge in [-0.25, -0.2) is 19.4 Å². The van der Waals surface area contributed by atoms with Crippen molar-refractivity contribution in [2.24, 2.45) is 0 Å². The molecule has 1 fully saturated rings. The molecule has 31 heavy (non-hydrogen) atoms. The van der Waals surface area contributed by atoms with Crippen molar-refractivity contribution in [3.8, 4) is 5.69 Å². The molecule has 0 saturated carbocycles.